The number of halogens is 2. The van der Waals surface area contributed by atoms with Crippen LogP contribution in [0.1, 0.15) is 48.3 Å². The summed E-state index contributed by atoms with van der Waals surface area (Å²) >= 11 is 0. The molecule has 0 fully saturated rings. The minimum atomic E-state index is -0.492. The largest absolute Gasteiger partial charge is 0.207 e. The van der Waals surface area contributed by atoms with Crippen LogP contribution in [0.2, 0.25) is 0 Å². The predicted molar refractivity (Wildman–Crippen MR) is 103 cm³/mol. The van der Waals surface area contributed by atoms with Gasteiger partial charge in [0, 0.05) is 12.0 Å². The van der Waals surface area contributed by atoms with Gasteiger partial charge in [0.15, 0.2) is 0 Å². The molecule has 3 aromatic rings. The van der Waals surface area contributed by atoms with E-state index in [1.165, 1.54) is 23.3 Å². The number of benzene rings is 3. The fraction of sp³-hybridized carbons (Fsp3) is 0.250. The third-order valence-electron chi connectivity index (χ3n) is 4.78. The number of aryl methyl sites for hydroxylation is 1. The number of hydrogen-bond acceptors (Lipinski definition) is 0. The first-order valence-electron chi connectivity index (χ1n) is 9.27. The van der Waals surface area contributed by atoms with E-state index >= 15 is 0 Å². The lowest BCUT2D eigenvalue weighted by molar-refractivity contribution is 0.573. The molecular formula is C24H24F2. The van der Waals surface area contributed by atoms with Gasteiger partial charge in [0.1, 0.15) is 11.6 Å². The molecule has 0 saturated carbocycles. The summed E-state index contributed by atoms with van der Waals surface area (Å²) in [7, 11) is 0. The number of rotatable bonds is 8. The minimum absolute atomic E-state index is 0.393. The van der Waals surface area contributed by atoms with E-state index in [2.05, 4.69) is 48.5 Å². The maximum absolute atomic E-state index is 13.2. The highest BCUT2D eigenvalue weighted by atomic mass is 19.1. The third-order valence-corrected chi connectivity index (χ3v) is 4.78. The van der Waals surface area contributed by atoms with E-state index in [0.29, 0.717) is 5.92 Å². The fourth-order valence-electron chi connectivity index (χ4n) is 3.51. The van der Waals surface area contributed by atoms with E-state index < -0.39 is 11.6 Å². The average Bonchev–Trinajstić information content (AvgIpc) is 2.65. The monoisotopic (exact) mass is 350 g/mol. The van der Waals surface area contributed by atoms with E-state index in [9.17, 15) is 8.78 Å². The van der Waals surface area contributed by atoms with Crippen molar-refractivity contribution in [3.05, 3.63) is 107 Å². The van der Waals surface area contributed by atoms with Crippen molar-refractivity contribution in [1.82, 2.24) is 0 Å². The van der Waals surface area contributed by atoms with Crippen LogP contribution in [-0.2, 0) is 6.42 Å². The zero-order valence-corrected chi connectivity index (χ0v) is 14.9. The SMILES string of the molecule is Fc1cc(F)cc(CCCCCC(c2ccccc2)c2ccccc2)c1. The Labute approximate surface area is 154 Å². The molecule has 0 spiro atoms. The van der Waals surface area contributed by atoms with Crippen LogP contribution in [0, 0.1) is 11.6 Å². The van der Waals surface area contributed by atoms with E-state index in [-0.39, 0.29) is 0 Å². The van der Waals surface area contributed by atoms with Crippen LogP contribution in [0.5, 0.6) is 0 Å². The van der Waals surface area contributed by atoms with Gasteiger partial charge in [-0.15, -0.1) is 0 Å². The molecule has 0 atom stereocenters. The molecule has 134 valence electrons. The van der Waals surface area contributed by atoms with Crippen molar-refractivity contribution in [2.75, 3.05) is 0 Å². The predicted octanol–water partition coefficient (Wildman–Crippen LogP) is 6.90. The Hall–Kier alpha value is -2.48. The fourth-order valence-corrected chi connectivity index (χ4v) is 3.51. The first-order chi connectivity index (χ1) is 12.7. The molecule has 3 aromatic carbocycles. The van der Waals surface area contributed by atoms with Gasteiger partial charge in [0.2, 0.25) is 0 Å². The van der Waals surface area contributed by atoms with Crippen LogP contribution < -0.4 is 0 Å². The zero-order chi connectivity index (χ0) is 18.2. The zero-order valence-electron chi connectivity index (χ0n) is 14.9. The van der Waals surface area contributed by atoms with E-state index in [4.69, 9.17) is 0 Å². The van der Waals surface area contributed by atoms with Crippen molar-refractivity contribution in [1.29, 1.82) is 0 Å². The summed E-state index contributed by atoms with van der Waals surface area (Å²) in [6.07, 6.45) is 4.88. The van der Waals surface area contributed by atoms with Crippen LogP contribution in [-0.4, -0.2) is 0 Å². The molecule has 0 amide bonds. The maximum Gasteiger partial charge on any atom is 0.126 e. The first kappa shape index (κ1) is 18.3. The summed E-state index contributed by atoms with van der Waals surface area (Å²) in [5.74, 6) is -0.592. The van der Waals surface area contributed by atoms with Crippen LogP contribution in [0.4, 0.5) is 8.78 Å². The van der Waals surface area contributed by atoms with Crippen molar-refractivity contribution < 1.29 is 8.78 Å². The molecule has 0 bridgehead atoms. The second kappa shape index (κ2) is 9.28. The Morgan fingerprint density at radius 1 is 0.615 bits per heavy atom. The quantitative estimate of drug-likeness (QED) is 0.388. The first-order valence-corrected chi connectivity index (χ1v) is 9.27. The van der Waals surface area contributed by atoms with E-state index in [1.807, 2.05) is 12.1 Å². The topological polar surface area (TPSA) is 0 Å². The third kappa shape index (κ3) is 5.26. The molecule has 0 nitrogen and oxygen atoms in total. The summed E-state index contributed by atoms with van der Waals surface area (Å²) < 4.78 is 26.5. The normalized spacial score (nSPS) is 11.0. The molecule has 0 radical (unpaired) electrons. The molecule has 0 N–H and O–H groups in total. The van der Waals surface area contributed by atoms with Crippen molar-refractivity contribution in [3.8, 4) is 0 Å². The Morgan fingerprint density at radius 2 is 1.15 bits per heavy atom. The molecule has 0 unspecified atom stereocenters. The number of unbranched alkanes of at least 4 members (excludes halogenated alkanes) is 2. The van der Waals surface area contributed by atoms with Gasteiger partial charge in [0.05, 0.1) is 0 Å². The maximum atomic E-state index is 13.2. The standard InChI is InChI=1S/C24H24F2/c25-22-16-19(17-23(26)18-22)10-4-1-9-15-24(20-11-5-2-6-12-20)21-13-7-3-8-14-21/h2-3,5-8,11-14,16-18,24H,1,4,9-10,15H2. The highest BCUT2D eigenvalue weighted by Crippen LogP contribution is 2.30. The molecule has 3 rings (SSSR count). The Morgan fingerprint density at radius 3 is 1.69 bits per heavy atom. The van der Waals surface area contributed by atoms with Gasteiger partial charge in [-0.1, -0.05) is 73.5 Å². The van der Waals surface area contributed by atoms with Crippen molar-refractivity contribution >= 4 is 0 Å². The molecular weight excluding hydrogens is 326 g/mol. The second-order valence-electron chi connectivity index (χ2n) is 6.75. The van der Waals surface area contributed by atoms with Crippen molar-refractivity contribution in [2.24, 2.45) is 0 Å². The Balaban J connectivity index is 1.55. The highest BCUT2D eigenvalue weighted by Gasteiger charge is 2.13. The van der Waals surface area contributed by atoms with Crippen LogP contribution in [0.25, 0.3) is 0 Å². The molecule has 0 aliphatic carbocycles. The molecule has 2 heteroatoms. The average molecular weight is 350 g/mol. The Kier molecular flexibility index (Phi) is 6.54. The van der Waals surface area contributed by atoms with Gasteiger partial charge in [-0.3, -0.25) is 0 Å². The summed E-state index contributed by atoms with van der Waals surface area (Å²) in [6.45, 7) is 0. The van der Waals surface area contributed by atoms with Gasteiger partial charge in [-0.2, -0.15) is 0 Å². The summed E-state index contributed by atoms with van der Waals surface area (Å²) in [6, 6.07) is 25.0. The lowest BCUT2D eigenvalue weighted by Gasteiger charge is -2.18. The van der Waals surface area contributed by atoms with Gasteiger partial charge < -0.3 is 0 Å². The highest BCUT2D eigenvalue weighted by molar-refractivity contribution is 5.32. The molecule has 0 saturated heterocycles. The summed E-state index contributed by atoms with van der Waals surface area (Å²) in [4.78, 5) is 0. The molecule has 0 aromatic heterocycles. The molecule has 0 aliphatic rings. The van der Waals surface area contributed by atoms with E-state index in [0.717, 1.165) is 43.7 Å². The summed E-state index contributed by atoms with van der Waals surface area (Å²) in [5.41, 5.74) is 3.42. The Bertz CT molecular complexity index is 737. The molecule has 26 heavy (non-hydrogen) atoms. The van der Waals surface area contributed by atoms with Crippen molar-refractivity contribution in [2.45, 2.75) is 38.0 Å². The van der Waals surface area contributed by atoms with Gasteiger partial charge in [0.25, 0.3) is 0 Å². The smallest absolute Gasteiger partial charge is 0.126 e. The lowest BCUT2D eigenvalue weighted by Crippen LogP contribution is -2.01. The van der Waals surface area contributed by atoms with Gasteiger partial charge in [-0.25, -0.2) is 8.78 Å². The molecule has 0 heterocycles. The van der Waals surface area contributed by atoms with Crippen LogP contribution >= 0.6 is 0 Å². The second-order valence-corrected chi connectivity index (χ2v) is 6.75. The lowest BCUT2D eigenvalue weighted by atomic mass is 9.87. The van der Waals surface area contributed by atoms with E-state index in [1.54, 1.807) is 0 Å². The van der Waals surface area contributed by atoms with Crippen molar-refractivity contribution in [3.63, 3.8) is 0 Å². The minimum Gasteiger partial charge on any atom is -0.207 e. The van der Waals surface area contributed by atoms with Gasteiger partial charge in [-0.05, 0) is 48.1 Å². The van der Waals surface area contributed by atoms with Crippen LogP contribution in [0.15, 0.2) is 78.9 Å². The van der Waals surface area contributed by atoms with Crippen LogP contribution in [0.3, 0.4) is 0 Å². The number of hydrogen-bond donors (Lipinski definition) is 0. The molecule has 0 aliphatic heterocycles. The summed E-state index contributed by atoms with van der Waals surface area (Å²) in [5, 5.41) is 0. The van der Waals surface area contributed by atoms with Gasteiger partial charge >= 0.3 is 0 Å².